The standard InChI is InChI=1S/C21H23ClN6/c22-16-3-4-18-17(12-16)15(13-24-18)2-1-7-27-8-10-28(11-9-27)21-20-19(5-6-23-20)25-14-26-21/h3-6,12-14,23-24H,1-2,7-11H2. The molecule has 0 bridgehead atoms. The van der Waals surface area contributed by atoms with Crippen molar-refractivity contribution in [2.75, 3.05) is 37.6 Å². The van der Waals surface area contributed by atoms with Crippen LogP contribution in [0.3, 0.4) is 0 Å². The van der Waals surface area contributed by atoms with Gasteiger partial charge in [-0.2, -0.15) is 0 Å². The van der Waals surface area contributed by atoms with Gasteiger partial charge in [0, 0.05) is 54.5 Å². The Bertz CT molecular complexity index is 1090. The molecule has 1 saturated heterocycles. The predicted molar refractivity (Wildman–Crippen MR) is 114 cm³/mol. The molecule has 1 aromatic carbocycles. The molecule has 7 heteroatoms. The number of rotatable bonds is 5. The molecule has 144 valence electrons. The maximum atomic E-state index is 6.16. The van der Waals surface area contributed by atoms with Crippen molar-refractivity contribution in [3.63, 3.8) is 0 Å². The van der Waals surface area contributed by atoms with Gasteiger partial charge in [-0.1, -0.05) is 11.6 Å². The summed E-state index contributed by atoms with van der Waals surface area (Å²) in [5, 5.41) is 2.04. The summed E-state index contributed by atoms with van der Waals surface area (Å²) in [7, 11) is 0. The van der Waals surface area contributed by atoms with E-state index in [0.29, 0.717) is 0 Å². The zero-order chi connectivity index (χ0) is 18.9. The van der Waals surface area contributed by atoms with Crippen LogP contribution >= 0.6 is 11.6 Å². The Morgan fingerprint density at radius 1 is 1.04 bits per heavy atom. The minimum atomic E-state index is 0.797. The summed E-state index contributed by atoms with van der Waals surface area (Å²) in [5.74, 6) is 1.02. The highest BCUT2D eigenvalue weighted by Crippen LogP contribution is 2.24. The molecule has 2 N–H and O–H groups in total. The second-order valence-electron chi connectivity index (χ2n) is 7.37. The maximum absolute atomic E-state index is 6.16. The van der Waals surface area contributed by atoms with Crippen LogP contribution in [0.5, 0.6) is 0 Å². The van der Waals surface area contributed by atoms with E-state index in [9.17, 15) is 0 Å². The fraction of sp³-hybridized carbons (Fsp3) is 0.333. The van der Waals surface area contributed by atoms with Gasteiger partial charge < -0.3 is 14.9 Å². The van der Waals surface area contributed by atoms with Gasteiger partial charge in [-0.25, -0.2) is 9.97 Å². The molecule has 5 rings (SSSR count). The van der Waals surface area contributed by atoms with Crippen LogP contribution in [0.15, 0.2) is 43.0 Å². The van der Waals surface area contributed by atoms with Gasteiger partial charge in [0.25, 0.3) is 0 Å². The molecule has 1 aliphatic rings. The van der Waals surface area contributed by atoms with Crippen LogP contribution in [0, 0.1) is 0 Å². The Morgan fingerprint density at radius 2 is 1.93 bits per heavy atom. The highest BCUT2D eigenvalue weighted by atomic mass is 35.5. The molecule has 28 heavy (non-hydrogen) atoms. The number of anilines is 1. The number of benzene rings is 1. The first-order chi connectivity index (χ1) is 13.8. The van der Waals surface area contributed by atoms with Crippen molar-refractivity contribution in [1.82, 2.24) is 24.8 Å². The third-order valence-electron chi connectivity index (χ3n) is 5.65. The number of hydrogen-bond donors (Lipinski definition) is 2. The summed E-state index contributed by atoms with van der Waals surface area (Å²) in [6.07, 6.45) is 7.92. The van der Waals surface area contributed by atoms with Gasteiger partial charge in [-0.15, -0.1) is 0 Å². The van der Waals surface area contributed by atoms with Crippen molar-refractivity contribution in [3.05, 3.63) is 53.6 Å². The van der Waals surface area contributed by atoms with Crippen LogP contribution in [0.25, 0.3) is 21.9 Å². The number of hydrogen-bond acceptors (Lipinski definition) is 4. The number of aromatic amines is 2. The molecule has 4 aromatic rings. The van der Waals surface area contributed by atoms with E-state index in [4.69, 9.17) is 11.6 Å². The lowest BCUT2D eigenvalue weighted by Crippen LogP contribution is -2.47. The Labute approximate surface area is 168 Å². The Kier molecular flexibility index (Phi) is 4.66. The molecule has 6 nitrogen and oxygen atoms in total. The van der Waals surface area contributed by atoms with Crippen molar-refractivity contribution in [1.29, 1.82) is 0 Å². The zero-order valence-electron chi connectivity index (χ0n) is 15.7. The van der Waals surface area contributed by atoms with Gasteiger partial charge in [0.2, 0.25) is 0 Å². The van der Waals surface area contributed by atoms with Gasteiger partial charge in [-0.05, 0) is 49.2 Å². The van der Waals surface area contributed by atoms with Crippen molar-refractivity contribution < 1.29 is 0 Å². The number of nitrogens with one attached hydrogen (secondary N) is 2. The molecule has 0 atom stereocenters. The highest BCUT2D eigenvalue weighted by Gasteiger charge is 2.20. The fourth-order valence-corrected chi connectivity index (χ4v) is 4.30. The van der Waals surface area contributed by atoms with Gasteiger partial charge in [0.1, 0.15) is 11.8 Å². The molecule has 0 aliphatic carbocycles. The summed E-state index contributed by atoms with van der Waals surface area (Å²) in [6, 6.07) is 8.04. The van der Waals surface area contributed by atoms with Crippen molar-refractivity contribution in [2.45, 2.75) is 12.8 Å². The number of fused-ring (bicyclic) bond motifs is 2. The second-order valence-corrected chi connectivity index (χ2v) is 7.81. The Morgan fingerprint density at radius 3 is 2.82 bits per heavy atom. The average molecular weight is 395 g/mol. The zero-order valence-corrected chi connectivity index (χ0v) is 16.4. The average Bonchev–Trinajstić information content (AvgIpc) is 3.35. The van der Waals surface area contributed by atoms with E-state index in [1.165, 1.54) is 10.9 Å². The molecule has 0 spiro atoms. The SMILES string of the molecule is Clc1ccc2[nH]cc(CCCN3CCN(c4ncnc5cc[nH]c45)CC3)c2c1. The van der Waals surface area contributed by atoms with E-state index in [-0.39, 0.29) is 0 Å². The third kappa shape index (κ3) is 3.34. The highest BCUT2D eigenvalue weighted by molar-refractivity contribution is 6.31. The third-order valence-corrected chi connectivity index (χ3v) is 5.88. The predicted octanol–water partition coefficient (Wildman–Crippen LogP) is 3.85. The topological polar surface area (TPSA) is 63.8 Å². The van der Waals surface area contributed by atoms with E-state index in [1.54, 1.807) is 6.33 Å². The van der Waals surface area contributed by atoms with Crippen LogP contribution < -0.4 is 4.90 Å². The van der Waals surface area contributed by atoms with Crippen LogP contribution in [-0.4, -0.2) is 57.6 Å². The normalized spacial score (nSPS) is 15.7. The number of piperazine rings is 1. The minimum Gasteiger partial charge on any atom is -0.361 e. The maximum Gasteiger partial charge on any atom is 0.156 e. The number of nitrogens with zero attached hydrogens (tertiary/aromatic N) is 4. The van der Waals surface area contributed by atoms with E-state index in [0.717, 1.165) is 73.0 Å². The molecular formula is C21H23ClN6. The number of halogens is 1. The fourth-order valence-electron chi connectivity index (χ4n) is 4.13. The summed E-state index contributed by atoms with van der Waals surface area (Å²) in [4.78, 5) is 20.3. The smallest absolute Gasteiger partial charge is 0.156 e. The molecule has 0 radical (unpaired) electrons. The first-order valence-electron chi connectivity index (χ1n) is 9.79. The van der Waals surface area contributed by atoms with Crippen molar-refractivity contribution in [2.24, 2.45) is 0 Å². The number of aromatic nitrogens is 4. The Hall–Kier alpha value is -2.57. The molecular weight excluding hydrogens is 372 g/mol. The lowest BCUT2D eigenvalue weighted by atomic mass is 10.1. The lowest BCUT2D eigenvalue weighted by molar-refractivity contribution is 0.255. The first-order valence-corrected chi connectivity index (χ1v) is 10.2. The van der Waals surface area contributed by atoms with E-state index in [1.807, 2.05) is 18.3 Å². The summed E-state index contributed by atoms with van der Waals surface area (Å²) in [5.41, 5.74) is 4.53. The van der Waals surface area contributed by atoms with Gasteiger partial charge in [0.05, 0.1) is 5.52 Å². The molecule has 0 amide bonds. The summed E-state index contributed by atoms with van der Waals surface area (Å²) >= 11 is 6.16. The van der Waals surface area contributed by atoms with Crippen LogP contribution in [0.2, 0.25) is 5.02 Å². The summed E-state index contributed by atoms with van der Waals surface area (Å²) < 4.78 is 0. The van der Waals surface area contributed by atoms with Gasteiger partial charge >= 0.3 is 0 Å². The molecule has 4 heterocycles. The lowest BCUT2D eigenvalue weighted by Gasteiger charge is -2.35. The van der Waals surface area contributed by atoms with Gasteiger partial charge in [-0.3, -0.25) is 4.90 Å². The van der Waals surface area contributed by atoms with Crippen molar-refractivity contribution in [3.8, 4) is 0 Å². The van der Waals surface area contributed by atoms with E-state index < -0.39 is 0 Å². The van der Waals surface area contributed by atoms with Crippen molar-refractivity contribution >= 4 is 39.4 Å². The minimum absolute atomic E-state index is 0.797. The largest absolute Gasteiger partial charge is 0.361 e. The molecule has 1 aliphatic heterocycles. The number of aryl methyl sites for hydroxylation is 1. The summed E-state index contributed by atoms with van der Waals surface area (Å²) in [6.45, 7) is 5.22. The molecule has 0 saturated carbocycles. The monoisotopic (exact) mass is 394 g/mol. The van der Waals surface area contributed by atoms with Gasteiger partial charge in [0.15, 0.2) is 5.82 Å². The molecule has 1 fully saturated rings. The second kappa shape index (κ2) is 7.45. The van der Waals surface area contributed by atoms with E-state index in [2.05, 4.69) is 48.1 Å². The molecule has 3 aromatic heterocycles. The van der Waals surface area contributed by atoms with Crippen LogP contribution in [0.4, 0.5) is 5.82 Å². The first kappa shape index (κ1) is 17.5. The van der Waals surface area contributed by atoms with Crippen LogP contribution in [-0.2, 0) is 6.42 Å². The number of H-pyrrole nitrogens is 2. The molecule has 0 unspecified atom stereocenters. The quantitative estimate of drug-likeness (QED) is 0.539. The van der Waals surface area contributed by atoms with Crippen LogP contribution in [0.1, 0.15) is 12.0 Å². The Balaban J connectivity index is 1.16. The van der Waals surface area contributed by atoms with E-state index >= 15 is 0 Å².